The highest BCUT2D eigenvalue weighted by molar-refractivity contribution is 5.85. The molecule has 0 bridgehead atoms. The van der Waals surface area contributed by atoms with Crippen LogP contribution in [0.4, 0.5) is 27.6 Å². The number of benzene rings is 2. The van der Waals surface area contributed by atoms with E-state index in [1.807, 2.05) is 4.90 Å². The molecule has 4 rings (SSSR count). The van der Waals surface area contributed by atoms with E-state index in [1.165, 1.54) is 13.3 Å². The van der Waals surface area contributed by atoms with E-state index in [0.29, 0.717) is 61.6 Å². The number of carboxylic acid groups (broad SMARTS) is 1. The molecule has 3 aromatic rings. The van der Waals surface area contributed by atoms with Crippen molar-refractivity contribution in [2.24, 2.45) is 5.41 Å². The van der Waals surface area contributed by atoms with Crippen LogP contribution in [0.5, 0.6) is 5.75 Å². The predicted octanol–water partition coefficient (Wildman–Crippen LogP) is 6.59. The van der Waals surface area contributed by atoms with Crippen molar-refractivity contribution >= 4 is 22.6 Å². The van der Waals surface area contributed by atoms with Crippen molar-refractivity contribution in [1.29, 1.82) is 0 Å². The van der Waals surface area contributed by atoms with Crippen LogP contribution in [0.3, 0.4) is 0 Å². The van der Waals surface area contributed by atoms with Gasteiger partial charge in [0.15, 0.2) is 11.6 Å². The first-order valence-corrected chi connectivity index (χ1v) is 13.1. The number of fused-ring (bicyclic) bond motifs is 1. The predicted molar refractivity (Wildman–Crippen MR) is 141 cm³/mol. The number of ether oxygens (including phenoxy) is 1. The summed E-state index contributed by atoms with van der Waals surface area (Å²) in [6, 6.07) is 6.37. The average molecular weight is 566 g/mol. The fourth-order valence-electron chi connectivity index (χ4n) is 5.53. The van der Waals surface area contributed by atoms with E-state index in [-0.39, 0.29) is 36.2 Å². The third kappa shape index (κ3) is 6.80. The van der Waals surface area contributed by atoms with Crippen LogP contribution in [0.15, 0.2) is 36.5 Å². The number of carbonyl (C=O) groups is 1. The Morgan fingerprint density at radius 3 is 2.62 bits per heavy atom. The lowest BCUT2D eigenvalue weighted by Crippen LogP contribution is -2.43. The average Bonchev–Trinajstić information content (AvgIpc) is 2.94. The molecule has 1 aliphatic rings. The molecule has 40 heavy (non-hydrogen) atoms. The van der Waals surface area contributed by atoms with Crippen LogP contribution >= 0.6 is 0 Å². The minimum absolute atomic E-state index is 0.0164. The van der Waals surface area contributed by atoms with Crippen molar-refractivity contribution in [2.45, 2.75) is 45.0 Å². The topological polar surface area (TPSA) is 74.7 Å². The maximum absolute atomic E-state index is 15.8. The Morgan fingerprint density at radius 2 is 1.95 bits per heavy atom. The fourth-order valence-corrected chi connectivity index (χ4v) is 5.53. The molecule has 11 heteroatoms. The number of aliphatic carboxylic acids is 1. The van der Waals surface area contributed by atoms with Crippen molar-refractivity contribution < 1.29 is 36.6 Å². The number of halogens is 5. The van der Waals surface area contributed by atoms with Gasteiger partial charge in [0.2, 0.25) is 0 Å². The van der Waals surface area contributed by atoms with Crippen LogP contribution in [0.25, 0.3) is 10.9 Å². The van der Waals surface area contributed by atoms with Gasteiger partial charge in [0.25, 0.3) is 0 Å². The standard InChI is InChI=1S/C29H32F5N3O3/c1-40-20-2-3-24-21(14-20)27(18(16-30)17-36-24)22(32)4-5-29(15-26(38)39)6-9-37(10-7-29)11-8-35-25-13-19(31)12-23(33)28(25)34/h2-3,12-14,17,22,35H,4-11,15-16H2,1H3,(H,38,39)/t22-/m0/s1. The first kappa shape index (κ1) is 29.5. The Labute approximate surface area is 229 Å². The van der Waals surface area contributed by atoms with Gasteiger partial charge < -0.3 is 20.1 Å². The molecular formula is C29H32F5N3O3. The highest BCUT2D eigenvalue weighted by Crippen LogP contribution is 2.43. The second-order valence-electron chi connectivity index (χ2n) is 10.3. The Balaban J connectivity index is 1.41. The van der Waals surface area contributed by atoms with Gasteiger partial charge in [-0.25, -0.2) is 22.0 Å². The Morgan fingerprint density at radius 1 is 1.20 bits per heavy atom. The van der Waals surface area contributed by atoms with E-state index < -0.39 is 41.7 Å². The largest absolute Gasteiger partial charge is 0.497 e. The lowest BCUT2D eigenvalue weighted by Gasteiger charge is -2.41. The first-order chi connectivity index (χ1) is 19.1. The number of alkyl halides is 2. The fraction of sp³-hybridized carbons (Fsp3) is 0.448. The Hall–Kier alpha value is -3.47. The van der Waals surface area contributed by atoms with Gasteiger partial charge >= 0.3 is 5.97 Å². The van der Waals surface area contributed by atoms with Gasteiger partial charge in [-0.2, -0.15) is 0 Å². The zero-order valence-corrected chi connectivity index (χ0v) is 22.2. The van der Waals surface area contributed by atoms with Crippen molar-refractivity contribution in [1.82, 2.24) is 9.88 Å². The van der Waals surface area contributed by atoms with Gasteiger partial charge in [-0.05, 0) is 62.4 Å². The van der Waals surface area contributed by atoms with Gasteiger partial charge in [0.1, 0.15) is 24.4 Å². The highest BCUT2D eigenvalue weighted by Gasteiger charge is 2.37. The SMILES string of the molecule is COc1ccc2ncc(CF)c([C@@H](F)CCC3(CC(=O)O)CCN(CCNc4cc(F)cc(F)c4F)CC3)c2c1. The number of carboxylic acids is 1. The molecule has 2 N–H and O–H groups in total. The van der Waals surface area contributed by atoms with Crippen molar-refractivity contribution in [3.8, 4) is 5.75 Å². The summed E-state index contributed by atoms with van der Waals surface area (Å²) in [5.74, 6) is -3.80. The first-order valence-electron chi connectivity index (χ1n) is 13.1. The van der Waals surface area contributed by atoms with E-state index in [9.17, 15) is 27.5 Å². The van der Waals surface area contributed by atoms with E-state index >= 15 is 4.39 Å². The molecule has 2 aromatic carbocycles. The molecule has 0 radical (unpaired) electrons. The summed E-state index contributed by atoms with van der Waals surface area (Å²) in [7, 11) is 1.48. The van der Waals surface area contributed by atoms with Gasteiger partial charge in [0.05, 0.1) is 24.7 Å². The number of hydrogen-bond donors (Lipinski definition) is 2. The number of rotatable bonds is 12. The van der Waals surface area contributed by atoms with Crippen LogP contribution in [-0.4, -0.2) is 54.2 Å². The van der Waals surface area contributed by atoms with Gasteiger partial charge in [-0.3, -0.25) is 9.78 Å². The van der Waals surface area contributed by atoms with Crippen LogP contribution < -0.4 is 10.1 Å². The van der Waals surface area contributed by atoms with E-state index in [2.05, 4.69) is 10.3 Å². The van der Waals surface area contributed by atoms with Crippen molar-refractivity contribution in [2.75, 3.05) is 38.6 Å². The Bertz CT molecular complexity index is 1340. The molecule has 1 atom stereocenters. The molecule has 1 aliphatic heterocycles. The minimum atomic E-state index is -1.53. The molecule has 1 saturated heterocycles. The summed E-state index contributed by atoms with van der Waals surface area (Å²) < 4.78 is 75.6. The summed E-state index contributed by atoms with van der Waals surface area (Å²) in [5.41, 5.74) is -0.0379. The van der Waals surface area contributed by atoms with Crippen molar-refractivity contribution in [3.05, 3.63) is 65.1 Å². The third-order valence-corrected chi connectivity index (χ3v) is 7.76. The van der Waals surface area contributed by atoms with Crippen LogP contribution in [0.1, 0.15) is 49.4 Å². The van der Waals surface area contributed by atoms with E-state index in [4.69, 9.17) is 4.74 Å². The van der Waals surface area contributed by atoms with Crippen LogP contribution in [0.2, 0.25) is 0 Å². The van der Waals surface area contributed by atoms with Crippen LogP contribution in [-0.2, 0) is 11.5 Å². The normalized spacial score (nSPS) is 16.1. The van der Waals surface area contributed by atoms with Crippen LogP contribution in [0, 0.1) is 22.9 Å². The lowest BCUT2D eigenvalue weighted by atomic mass is 9.71. The van der Waals surface area contributed by atoms with Gasteiger partial charge in [0, 0.05) is 47.9 Å². The summed E-state index contributed by atoms with van der Waals surface area (Å²) in [4.78, 5) is 18.0. The molecule has 1 aromatic heterocycles. The lowest BCUT2D eigenvalue weighted by molar-refractivity contribution is -0.141. The molecular weight excluding hydrogens is 533 g/mol. The number of nitrogens with zero attached hydrogens (tertiary/aromatic N) is 2. The molecule has 1 fully saturated rings. The van der Waals surface area contributed by atoms with Gasteiger partial charge in [-0.15, -0.1) is 0 Å². The number of aromatic nitrogens is 1. The summed E-state index contributed by atoms with van der Waals surface area (Å²) in [6.07, 6.45) is 0.979. The number of nitrogens with one attached hydrogen (secondary N) is 1. The van der Waals surface area contributed by atoms with Crippen molar-refractivity contribution in [3.63, 3.8) is 0 Å². The Kier molecular flexibility index (Phi) is 9.44. The number of methoxy groups -OCH3 is 1. The smallest absolute Gasteiger partial charge is 0.303 e. The summed E-state index contributed by atoms with van der Waals surface area (Å²) in [5, 5.41) is 12.8. The number of likely N-dealkylation sites (tertiary alicyclic amines) is 1. The zero-order valence-electron chi connectivity index (χ0n) is 22.2. The summed E-state index contributed by atoms with van der Waals surface area (Å²) >= 11 is 0. The molecule has 216 valence electrons. The van der Waals surface area contributed by atoms with Gasteiger partial charge in [-0.1, -0.05) is 0 Å². The monoisotopic (exact) mass is 565 g/mol. The summed E-state index contributed by atoms with van der Waals surface area (Å²) in [6.45, 7) is 0.833. The molecule has 0 unspecified atom stereocenters. The number of anilines is 1. The number of pyridine rings is 1. The molecule has 2 heterocycles. The maximum atomic E-state index is 15.8. The van der Waals surface area contributed by atoms with E-state index in [1.54, 1.807) is 18.2 Å². The highest BCUT2D eigenvalue weighted by atomic mass is 19.2. The maximum Gasteiger partial charge on any atom is 0.303 e. The molecule has 0 saturated carbocycles. The van der Waals surface area contributed by atoms with E-state index in [0.717, 1.165) is 6.07 Å². The molecule has 6 nitrogen and oxygen atoms in total. The molecule has 0 amide bonds. The third-order valence-electron chi connectivity index (χ3n) is 7.76. The molecule has 0 spiro atoms. The zero-order chi connectivity index (χ0) is 28.9. The minimum Gasteiger partial charge on any atom is -0.497 e. The quantitative estimate of drug-likeness (QED) is 0.191. The second-order valence-corrected chi connectivity index (χ2v) is 10.3. The number of hydrogen-bond acceptors (Lipinski definition) is 5. The molecule has 0 aliphatic carbocycles. The second kappa shape index (κ2) is 12.8. The number of piperidine rings is 1.